The quantitative estimate of drug-likeness (QED) is 0.388. The van der Waals surface area contributed by atoms with Crippen LogP contribution in [0.1, 0.15) is 6.42 Å². The maximum atomic E-state index is 11.3. The van der Waals surface area contributed by atoms with Gasteiger partial charge in [-0.15, -0.1) is 0 Å². The third-order valence-electron chi connectivity index (χ3n) is 1.76. The highest BCUT2D eigenvalue weighted by Crippen LogP contribution is 2.26. The molecule has 1 rings (SSSR count). The SMILES string of the molecule is C=COC(=O)C(CC1CO1)C(=C)Cl. The molecule has 0 bridgehead atoms. The number of epoxide rings is 1. The summed E-state index contributed by atoms with van der Waals surface area (Å²) in [6.07, 6.45) is 1.75. The van der Waals surface area contributed by atoms with Gasteiger partial charge in [-0.3, -0.25) is 4.79 Å². The minimum absolute atomic E-state index is 0.123. The second kappa shape index (κ2) is 4.44. The fraction of sp³-hybridized carbons (Fsp3) is 0.444. The number of rotatable bonds is 5. The van der Waals surface area contributed by atoms with Gasteiger partial charge in [-0.1, -0.05) is 24.8 Å². The molecule has 1 heterocycles. The lowest BCUT2D eigenvalue weighted by Crippen LogP contribution is -2.17. The van der Waals surface area contributed by atoms with Gasteiger partial charge in [0.15, 0.2) is 0 Å². The molecule has 1 aliphatic heterocycles. The maximum absolute atomic E-state index is 11.3. The first-order valence-electron chi connectivity index (χ1n) is 3.92. The summed E-state index contributed by atoms with van der Waals surface area (Å²) in [5.74, 6) is -0.919. The molecule has 2 unspecified atom stereocenters. The number of esters is 1. The van der Waals surface area contributed by atoms with Crippen LogP contribution in [0, 0.1) is 5.92 Å². The van der Waals surface area contributed by atoms with E-state index in [0.717, 1.165) is 6.26 Å². The molecule has 1 saturated heterocycles. The van der Waals surface area contributed by atoms with E-state index in [9.17, 15) is 4.79 Å². The standard InChI is InChI=1S/C9H11ClO3/c1-3-12-9(11)8(6(2)10)4-7-5-13-7/h3,7-8H,1-2,4-5H2. The Labute approximate surface area is 82.0 Å². The molecule has 0 aromatic carbocycles. The Bertz CT molecular complexity index is 233. The smallest absolute Gasteiger partial charge is 0.319 e. The molecular weight excluding hydrogens is 192 g/mol. The predicted octanol–water partition coefficient (Wildman–Crippen LogP) is 1.83. The van der Waals surface area contributed by atoms with Gasteiger partial charge < -0.3 is 9.47 Å². The molecular formula is C9H11ClO3. The molecule has 72 valence electrons. The normalized spacial score (nSPS) is 21.8. The van der Waals surface area contributed by atoms with Gasteiger partial charge in [-0.2, -0.15) is 0 Å². The molecule has 0 aliphatic carbocycles. The van der Waals surface area contributed by atoms with Crippen LogP contribution in [-0.2, 0) is 14.3 Å². The van der Waals surface area contributed by atoms with Crippen LogP contribution in [0.15, 0.2) is 24.5 Å². The van der Waals surface area contributed by atoms with Crippen molar-refractivity contribution in [2.45, 2.75) is 12.5 Å². The van der Waals surface area contributed by atoms with E-state index in [1.807, 2.05) is 0 Å². The largest absolute Gasteiger partial charge is 0.435 e. The van der Waals surface area contributed by atoms with Gasteiger partial charge in [0.2, 0.25) is 0 Å². The van der Waals surface area contributed by atoms with E-state index < -0.39 is 11.9 Å². The molecule has 4 heteroatoms. The number of ether oxygens (including phenoxy) is 2. The molecule has 3 nitrogen and oxygen atoms in total. The van der Waals surface area contributed by atoms with Crippen molar-refractivity contribution in [3.05, 3.63) is 24.5 Å². The average molecular weight is 203 g/mol. The van der Waals surface area contributed by atoms with Crippen LogP contribution in [0.2, 0.25) is 0 Å². The predicted molar refractivity (Wildman–Crippen MR) is 49.1 cm³/mol. The number of hydrogen-bond donors (Lipinski definition) is 0. The maximum Gasteiger partial charge on any atom is 0.319 e. The highest BCUT2D eigenvalue weighted by molar-refractivity contribution is 6.30. The van der Waals surface area contributed by atoms with Crippen molar-refractivity contribution >= 4 is 17.6 Å². The molecule has 0 aromatic rings. The zero-order valence-corrected chi connectivity index (χ0v) is 7.92. The molecule has 0 N–H and O–H groups in total. The van der Waals surface area contributed by atoms with Crippen LogP contribution < -0.4 is 0 Å². The van der Waals surface area contributed by atoms with Crippen LogP contribution in [0.5, 0.6) is 0 Å². The topological polar surface area (TPSA) is 38.8 Å². The van der Waals surface area contributed by atoms with Crippen molar-refractivity contribution in [3.8, 4) is 0 Å². The van der Waals surface area contributed by atoms with Crippen molar-refractivity contribution in [2.24, 2.45) is 5.92 Å². The molecule has 13 heavy (non-hydrogen) atoms. The summed E-state index contributed by atoms with van der Waals surface area (Å²) in [4.78, 5) is 11.3. The van der Waals surface area contributed by atoms with E-state index in [0.29, 0.717) is 13.0 Å². The number of hydrogen-bond acceptors (Lipinski definition) is 3. The molecule has 1 fully saturated rings. The van der Waals surface area contributed by atoms with Gasteiger partial charge in [0.05, 0.1) is 24.9 Å². The highest BCUT2D eigenvalue weighted by Gasteiger charge is 2.32. The Hall–Kier alpha value is -0.800. The van der Waals surface area contributed by atoms with Gasteiger partial charge in [0.25, 0.3) is 0 Å². The monoisotopic (exact) mass is 202 g/mol. The minimum atomic E-state index is -0.493. The molecule has 0 radical (unpaired) electrons. The van der Waals surface area contributed by atoms with E-state index in [1.165, 1.54) is 0 Å². The molecule has 0 amide bonds. The van der Waals surface area contributed by atoms with E-state index >= 15 is 0 Å². The van der Waals surface area contributed by atoms with Gasteiger partial charge in [-0.05, 0) is 6.42 Å². The van der Waals surface area contributed by atoms with Crippen LogP contribution in [0.4, 0.5) is 0 Å². The molecule has 2 atom stereocenters. The zero-order valence-electron chi connectivity index (χ0n) is 7.16. The van der Waals surface area contributed by atoms with E-state index in [-0.39, 0.29) is 11.1 Å². The molecule has 0 saturated carbocycles. The van der Waals surface area contributed by atoms with Crippen LogP contribution in [-0.4, -0.2) is 18.7 Å². The van der Waals surface area contributed by atoms with Crippen molar-refractivity contribution in [3.63, 3.8) is 0 Å². The van der Waals surface area contributed by atoms with E-state index in [1.54, 1.807) is 0 Å². The summed E-state index contributed by atoms with van der Waals surface area (Å²) in [5, 5.41) is 0.280. The van der Waals surface area contributed by atoms with Crippen molar-refractivity contribution in [1.82, 2.24) is 0 Å². The third-order valence-corrected chi connectivity index (χ3v) is 2.03. The summed E-state index contributed by atoms with van der Waals surface area (Å²) in [7, 11) is 0. The summed E-state index contributed by atoms with van der Waals surface area (Å²) in [6, 6.07) is 0. The Morgan fingerprint density at radius 3 is 2.85 bits per heavy atom. The summed E-state index contributed by atoms with van der Waals surface area (Å²) in [5.41, 5.74) is 0. The zero-order chi connectivity index (χ0) is 9.84. The van der Waals surface area contributed by atoms with Crippen LogP contribution >= 0.6 is 11.6 Å². The first kappa shape index (κ1) is 10.3. The minimum Gasteiger partial charge on any atom is -0.435 e. The summed E-state index contributed by atoms with van der Waals surface area (Å²) < 4.78 is 9.60. The fourth-order valence-electron chi connectivity index (χ4n) is 0.983. The van der Waals surface area contributed by atoms with Crippen molar-refractivity contribution in [1.29, 1.82) is 0 Å². The van der Waals surface area contributed by atoms with Gasteiger partial charge in [-0.25, -0.2) is 0 Å². The van der Waals surface area contributed by atoms with Crippen molar-refractivity contribution in [2.75, 3.05) is 6.61 Å². The highest BCUT2D eigenvalue weighted by atomic mass is 35.5. The molecule has 0 spiro atoms. The Morgan fingerprint density at radius 2 is 2.46 bits per heavy atom. The second-order valence-corrected chi connectivity index (χ2v) is 3.28. The van der Waals surface area contributed by atoms with Crippen molar-refractivity contribution < 1.29 is 14.3 Å². The summed E-state index contributed by atoms with van der Waals surface area (Å²) >= 11 is 5.66. The van der Waals surface area contributed by atoms with Gasteiger partial charge in [0, 0.05) is 5.03 Å². The third kappa shape index (κ3) is 3.20. The Kier molecular flexibility index (Phi) is 3.51. The lowest BCUT2D eigenvalue weighted by atomic mass is 10.0. The molecule has 0 aromatic heterocycles. The number of carbonyl (C=O) groups is 1. The van der Waals surface area contributed by atoms with E-state index in [4.69, 9.17) is 16.3 Å². The first-order chi connectivity index (χ1) is 6.15. The lowest BCUT2D eigenvalue weighted by Gasteiger charge is -2.10. The summed E-state index contributed by atoms with van der Waals surface area (Å²) in [6.45, 7) is 7.49. The number of carbonyl (C=O) groups excluding carboxylic acids is 1. The first-order valence-corrected chi connectivity index (χ1v) is 4.30. The molecule has 1 aliphatic rings. The number of halogens is 1. The Morgan fingerprint density at radius 1 is 1.85 bits per heavy atom. The van der Waals surface area contributed by atoms with Crippen LogP contribution in [0.25, 0.3) is 0 Å². The lowest BCUT2D eigenvalue weighted by molar-refractivity contribution is -0.141. The second-order valence-electron chi connectivity index (χ2n) is 2.79. The average Bonchev–Trinajstić information content (AvgIpc) is 2.83. The van der Waals surface area contributed by atoms with Gasteiger partial charge >= 0.3 is 5.97 Å². The van der Waals surface area contributed by atoms with Gasteiger partial charge in [0.1, 0.15) is 0 Å². The van der Waals surface area contributed by atoms with Crippen LogP contribution in [0.3, 0.4) is 0 Å². The van der Waals surface area contributed by atoms with E-state index in [2.05, 4.69) is 17.9 Å². The Balaban J connectivity index is 2.48. The fourth-order valence-corrected chi connectivity index (χ4v) is 1.16.